The third-order valence-electron chi connectivity index (χ3n) is 3.23. The molecule has 4 atom stereocenters. The first-order valence-corrected chi connectivity index (χ1v) is 6.74. The summed E-state index contributed by atoms with van der Waals surface area (Å²) in [7, 11) is 0. The Labute approximate surface area is 130 Å². The number of hydrogen-bond donors (Lipinski definition) is 1. The van der Waals surface area contributed by atoms with Crippen LogP contribution in [0.4, 0.5) is 10.2 Å². The van der Waals surface area contributed by atoms with Crippen LogP contribution in [0.3, 0.4) is 0 Å². The summed E-state index contributed by atoms with van der Waals surface area (Å²) in [5.74, 6) is -2.78. The normalized spacial score (nSPS) is 26.8. The van der Waals surface area contributed by atoms with Gasteiger partial charge >= 0.3 is 17.6 Å². The maximum atomic E-state index is 13.6. The fourth-order valence-electron chi connectivity index (χ4n) is 2.34. The van der Waals surface area contributed by atoms with Gasteiger partial charge in [-0.25, -0.2) is 9.18 Å². The molecule has 1 aliphatic heterocycles. The van der Waals surface area contributed by atoms with Crippen molar-refractivity contribution in [2.75, 3.05) is 5.73 Å². The zero-order chi connectivity index (χ0) is 17.3. The summed E-state index contributed by atoms with van der Waals surface area (Å²) < 4.78 is 30.1. The number of esters is 2. The fourth-order valence-corrected chi connectivity index (χ4v) is 2.34. The van der Waals surface area contributed by atoms with Gasteiger partial charge in [0, 0.05) is 13.8 Å². The van der Waals surface area contributed by atoms with Crippen LogP contribution >= 0.6 is 0 Å². The smallest absolute Gasteiger partial charge is 0.351 e. The summed E-state index contributed by atoms with van der Waals surface area (Å²) in [6, 6.07) is 0. The van der Waals surface area contributed by atoms with E-state index in [9.17, 15) is 18.8 Å². The van der Waals surface area contributed by atoms with E-state index in [1.165, 1.54) is 6.92 Å². The average molecular weight is 329 g/mol. The van der Waals surface area contributed by atoms with Crippen molar-refractivity contribution in [1.29, 1.82) is 0 Å². The zero-order valence-corrected chi connectivity index (χ0v) is 12.7. The molecular weight excluding hydrogens is 313 g/mol. The van der Waals surface area contributed by atoms with Gasteiger partial charge in [0.05, 0.1) is 12.3 Å². The Hall–Kier alpha value is -2.49. The van der Waals surface area contributed by atoms with E-state index in [2.05, 4.69) is 4.98 Å². The van der Waals surface area contributed by atoms with Crippen molar-refractivity contribution in [3.05, 3.63) is 22.5 Å². The Morgan fingerprint density at radius 3 is 2.43 bits per heavy atom. The molecule has 126 valence electrons. The number of ether oxygens (including phenoxy) is 3. The summed E-state index contributed by atoms with van der Waals surface area (Å²) in [6.07, 6.45) is -3.17. The molecule has 0 saturated carbocycles. The van der Waals surface area contributed by atoms with Crippen LogP contribution in [-0.4, -0.2) is 39.8 Å². The Morgan fingerprint density at radius 2 is 1.87 bits per heavy atom. The second kappa shape index (κ2) is 6.32. The molecule has 0 amide bonds. The van der Waals surface area contributed by atoms with E-state index in [1.807, 2.05) is 0 Å². The molecule has 23 heavy (non-hydrogen) atoms. The van der Waals surface area contributed by atoms with E-state index in [0.717, 1.165) is 17.7 Å². The van der Waals surface area contributed by atoms with Crippen molar-refractivity contribution in [1.82, 2.24) is 9.55 Å². The Bertz CT molecular complexity index is 691. The number of anilines is 1. The number of carbonyl (C=O) groups is 2. The van der Waals surface area contributed by atoms with Crippen LogP contribution in [0.5, 0.6) is 0 Å². The molecule has 1 unspecified atom stereocenters. The van der Waals surface area contributed by atoms with Crippen LogP contribution in [0.2, 0.25) is 0 Å². The SMILES string of the molecule is CC(=O)OC1[C@H](n2cc(F)c(N)nc2=O)O[C@H](C)[C@H]1OC(C)=O. The van der Waals surface area contributed by atoms with Gasteiger partial charge < -0.3 is 19.9 Å². The van der Waals surface area contributed by atoms with Crippen molar-refractivity contribution in [2.24, 2.45) is 0 Å². The van der Waals surface area contributed by atoms with E-state index >= 15 is 0 Å². The predicted molar refractivity (Wildman–Crippen MR) is 73.6 cm³/mol. The number of nitrogens with zero attached hydrogens (tertiary/aromatic N) is 2. The van der Waals surface area contributed by atoms with Gasteiger partial charge in [0.2, 0.25) is 0 Å². The van der Waals surface area contributed by atoms with Crippen molar-refractivity contribution in [3.63, 3.8) is 0 Å². The zero-order valence-electron chi connectivity index (χ0n) is 12.7. The minimum atomic E-state index is -1.20. The molecule has 2 heterocycles. The van der Waals surface area contributed by atoms with Gasteiger partial charge in [0.25, 0.3) is 0 Å². The van der Waals surface area contributed by atoms with Gasteiger partial charge in [-0.15, -0.1) is 0 Å². The lowest BCUT2D eigenvalue weighted by Gasteiger charge is -2.23. The predicted octanol–water partition coefficient (Wildman–Crippen LogP) is -0.255. The fraction of sp³-hybridized carbons (Fsp3) is 0.538. The molecule has 0 spiro atoms. The van der Waals surface area contributed by atoms with E-state index in [1.54, 1.807) is 6.92 Å². The van der Waals surface area contributed by atoms with Gasteiger partial charge in [-0.1, -0.05) is 0 Å². The van der Waals surface area contributed by atoms with Crippen molar-refractivity contribution < 1.29 is 28.2 Å². The van der Waals surface area contributed by atoms with Crippen molar-refractivity contribution in [2.45, 2.75) is 45.3 Å². The maximum Gasteiger partial charge on any atom is 0.351 e. The molecule has 1 fully saturated rings. The summed E-state index contributed by atoms with van der Waals surface area (Å²) >= 11 is 0. The monoisotopic (exact) mass is 329 g/mol. The number of hydrogen-bond acceptors (Lipinski definition) is 8. The first kappa shape index (κ1) is 16.9. The highest BCUT2D eigenvalue weighted by Crippen LogP contribution is 2.33. The second-order valence-corrected chi connectivity index (χ2v) is 5.04. The molecule has 2 N–H and O–H groups in total. The highest BCUT2D eigenvalue weighted by molar-refractivity contribution is 5.67. The number of aromatic nitrogens is 2. The molecule has 0 radical (unpaired) electrons. The number of rotatable bonds is 3. The number of nitrogens with two attached hydrogens (primary N) is 1. The highest BCUT2D eigenvalue weighted by atomic mass is 19.1. The van der Waals surface area contributed by atoms with Gasteiger partial charge in [0.1, 0.15) is 0 Å². The molecule has 1 aliphatic rings. The lowest BCUT2D eigenvalue weighted by molar-refractivity contribution is -0.165. The number of nitrogen functional groups attached to an aromatic ring is 1. The molecule has 1 aromatic rings. The first-order chi connectivity index (χ1) is 10.7. The molecule has 10 heteroatoms. The maximum absolute atomic E-state index is 13.6. The molecule has 0 bridgehead atoms. The Balaban J connectivity index is 2.43. The van der Waals surface area contributed by atoms with Crippen LogP contribution in [0.1, 0.15) is 27.0 Å². The molecule has 1 aromatic heterocycles. The van der Waals surface area contributed by atoms with Gasteiger partial charge in [-0.3, -0.25) is 14.2 Å². The van der Waals surface area contributed by atoms with Crippen LogP contribution in [0.15, 0.2) is 11.0 Å². The topological polar surface area (TPSA) is 123 Å². The summed E-state index contributed by atoms with van der Waals surface area (Å²) in [5.41, 5.74) is 4.34. The summed E-state index contributed by atoms with van der Waals surface area (Å²) in [5, 5.41) is 0. The van der Waals surface area contributed by atoms with Gasteiger partial charge in [-0.05, 0) is 6.92 Å². The Morgan fingerprint density at radius 1 is 1.30 bits per heavy atom. The minimum absolute atomic E-state index is 0.558. The first-order valence-electron chi connectivity index (χ1n) is 6.74. The minimum Gasteiger partial charge on any atom is -0.456 e. The number of carbonyl (C=O) groups excluding carboxylic acids is 2. The second-order valence-electron chi connectivity index (χ2n) is 5.04. The van der Waals surface area contributed by atoms with Gasteiger partial charge in [0.15, 0.2) is 30.1 Å². The van der Waals surface area contributed by atoms with Crippen LogP contribution in [-0.2, 0) is 23.8 Å². The highest BCUT2D eigenvalue weighted by Gasteiger charge is 2.48. The van der Waals surface area contributed by atoms with Crippen molar-refractivity contribution >= 4 is 17.8 Å². The molecular formula is C13H16FN3O6. The molecule has 9 nitrogen and oxygen atoms in total. The third kappa shape index (κ3) is 3.47. The van der Waals surface area contributed by atoms with Crippen LogP contribution in [0.25, 0.3) is 0 Å². The third-order valence-corrected chi connectivity index (χ3v) is 3.23. The Kier molecular flexibility index (Phi) is 4.64. The molecule has 0 aliphatic carbocycles. The van der Waals surface area contributed by atoms with E-state index in [-0.39, 0.29) is 0 Å². The van der Waals surface area contributed by atoms with E-state index in [4.69, 9.17) is 19.9 Å². The quantitative estimate of drug-likeness (QED) is 0.753. The molecule has 2 rings (SSSR count). The summed E-state index contributed by atoms with van der Waals surface area (Å²) in [4.78, 5) is 37.8. The van der Waals surface area contributed by atoms with Crippen molar-refractivity contribution in [3.8, 4) is 0 Å². The standard InChI is InChI=1S/C13H16FN3O6/c1-5-9(22-6(2)18)10(23-7(3)19)12(21-5)17-4-8(14)11(15)16-13(17)20/h4-5,9-10,12H,1-3H3,(H2,15,16,20)/t5-,9-,10?,12-/m1/s1. The lowest BCUT2D eigenvalue weighted by Crippen LogP contribution is -2.40. The van der Waals surface area contributed by atoms with E-state index in [0.29, 0.717) is 0 Å². The van der Waals surface area contributed by atoms with Gasteiger partial charge in [-0.2, -0.15) is 4.98 Å². The number of halogens is 1. The average Bonchev–Trinajstić information content (AvgIpc) is 2.70. The molecule has 1 saturated heterocycles. The van der Waals surface area contributed by atoms with Crippen LogP contribution < -0.4 is 11.4 Å². The summed E-state index contributed by atoms with van der Waals surface area (Å²) in [6.45, 7) is 3.90. The van der Waals surface area contributed by atoms with E-state index < -0.39 is 53.8 Å². The lowest BCUT2D eigenvalue weighted by atomic mass is 10.1. The van der Waals surface area contributed by atoms with Crippen LogP contribution in [0, 0.1) is 5.82 Å². The largest absolute Gasteiger partial charge is 0.456 e. The molecule has 0 aromatic carbocycles.